The number of carbonyl (C=O) groups is 2. The van der Waals surface area contributed by atoms with Gasteiger partial charge >= 0.3 is 0 Å². The van der Waals surface area contributed by atoms with E-state index in [0.717, 1.165) is 12.1 Å². The molecule has 1 aromatic carbocycles. The number of halogens is 2. The van der Waals surface area contributed by atoms with Gasteiger partial charge in [-0.2, -0.15) is 0 Å². The molecule has 26 heavy (non-hydrogen) atoms. The molecule has 1 saturated heterocycles. The highest BCUT2D eigenvalue weighted by Crippen LogP contribution is 2.24. The van der Waals surface area contributed by atoms with Crippen molar-refractivity contribution in [3.63, 3.8) is 0 Å². The predicted octanol–water partition coefficient (Wildman–Crippen LogP) is 2.56. The minimum Gasteiger partial charge on any atom is -0.504 e. The van der Waals surface area contributed by atoms with Gasteiger partial charge in [0.25, 0.3) is 5.91 Å². The topological polar surface area (TPSA) is 82.5 Å². The molecule has 1 aromatic heterocycles. The molecule has 1 fully saturated rings. The first-order chi connectivity index (χ1) is 12.5. The van der Waals surface area contributed by atoms with Crippen LogP contribution in [0.5, 0.6) is 5.75 Å². The molecule has 1 aliphatic heterocycles. The summed E-state index contributed by atoms with van der Waals surface area (Å²) in [6.07, 6.45) is 2.25. The standard InChI is InChI=1S/C18H17F2N3O3/c19-12-3-4-13(14(20)10-12)18(26)23-8-5-11(6-9-23)17(25)22-16-15(24)2-1-7-21-16/h1-4,7,10-11,24H,5-6,8-9H2,(H,21,22,25). The lowest BCUT2D eigenvalue weighted by Gasteiger charge is -2.31. The van der Waals surface area contributed by atoms with Gasteiger partial charge in [-0.15, -0.1) is 0 Å². The highest BCUT2D eigenvalue weighted by molar-refractivity contribution is 5.95. The molecule has 0 spiro atoms. The number of anilines is 1. The van der Waals surface area contributed by atoms with Crippen LogP contribution in [-0.4, -0.2) is 39.9 Å². The van der Waals surface area contributed by atoms with Crippen molar-refractivity contribution in [2.75, 3.05) is 18.4 Å². The number of hydrogen-bond acceptors (Lipinski definition) is 4. The minimum atomic E-state index is -0.902. The van der Waals surface area contributed by atoms with Crippen molar-refractivity contribution in [2.24, 2.45) is 5.92 Å². The second-order valence-corrected chi connectivity index (χ2v) is 6.05. The van der Waals surface area contributed by atoms with E-state index in [1.54, 1.807) is 6.07 Å². The van der Waals surface area contributed by atoms with Crippen molar-refractivity contribution in [2.45, 2.75) is 12.8 Å². The van der Waals surface area contributed by atoms with E-state index in [2.05, 4.69) is 10.3 Å². The number of pyridine rings is 1. The van der Waals surface area contributed by atoms with Gasteiger partial charge in [0.1, 0.15) is 11.6 Å². The second kappa shape index (κ2) is 7.47. The minimum absolute atomic E-state index is 0.0874. The van der Waals surface area contributed by atoms with E-state index in [-0.39, 0.29) is 42.0 Å². The summed E-state index contributed by atoms with van der Waals surface area (Å²) in [5, 5.41) is 12.2. The predicted molar refractivity (Wildman–Crippen MR) is 89.5 cm³/mol. The first-order valence-corrected chi connectivity index (χ1v) is 8.15. The van der Waals surface area contributed by atoms with Gasteiger partial charge in [0, 0.05) is 31.3 Å². The van der Waals surface area contributed by atoms with E-state index in [1.807, 2.05) is 0 Å². The highest BCUT2D eigenvalue weighted by atomic mass is 19.1. The Morgan fingerprint density at radius 2 is 1.92 bits per heavy atom. The van der Waals surface area contributed by atoms with E-state index < -0.39 is 17.5 Å². The summed E-state index contributed by atoms with van der Waals surface area (Å²) in [6, 6.07) is 5.79. The highest BCUT2D eigenvalue weighted by Gasteiger charge is 2.29. The molecule has 1 aliphatic rings. The van der Waals surface area contributed by atoms with Gasteiger partial charge in [0.2, 0.25) is 5.91 Å². The molecule has 0 saturated carbocycles. The third-order valence-corrected chi connectivity index (χ3v) is 4.34. The van der Waals surface area contributed by atoms with Gasteiger partial charge in [-0.05, 0) is 37.1 Å². The number of aromatic hydroxyl groups is 1. The monoisotopic (exact) mass is 361 g/mol. The number of nitrogens with one attached hydrogen (secondary N) is 1. The Labute approximate surface area is 148 Å². The number of nitrogens with zero attached hydrogens (tertiary/aromatic N) is 2. The van der Waals surface area contributed by atoms with Crippen LogP contribution in [0.1, 0.15) is 23.2 Å². The SMILES string of the molecule is O=C(Nc1ncccc1O)C1CCN(C(=O)c2ccc(F)cc2F)CC1. The number of rotatable bonds is 3. The van der Waals surface area contributed by atoms with Crippen LogP contribution in [0.2, 0.25) is 0 Å². The molecular weight excluding hydrogens is 344 g/mol. The van der Waals surface area contributed by atoms with Gasteiger partial charge in [0.15, 0.2) is 11.6 Å². The zero-order chi connectivity index (χ0) is 18.7. The third kappa shape index (κ3) is 3.79. The van der Waals surface area contributed by atoms with Gasteiger partial charge in [-0.1, -0.05) is 0 Å². The smallest absolute Gasteiger partial charge is 0.256 e. The number of hydrogen-bond donors (Lipinski definition) is 2. The Bertz CT molecular complexity index is 836. The van der Waals surface area contributed by atoms with Crippen LogP contribution in [0.4, 0.5) is 14.6 Å². The fraction of sp³-hybridized carbons (Fsp3) is 0.278. The van der Waals surface area contributed by atoms with Crippen molar-refractivity contribution in [1.82, 2.24) is 9.88 Å². The molecule has 2 heterocycles. The summed E-state index contributed by atoms with van der Waals surface area (Å²) in [7, 11) is 0. The summed E-state index contributed by atoms with van der Waals surface area (Å²) in [5.74, 6) is -2.85. The Morgan fingerprint density at radius 1 is 1.19 bits per heavy atom. The van der Waals surface area contributed by atoms with E-state index in [0.29, 0.717) is 18.9 Å². The normalized spacial score (nSPS) is 14.9. The number of likely N-dealkylation sites (tertiary alicyclic amines) is 1. The molecule has 0 atom stereocenters. The largest absolute Gasteiger partial charge is 0.504 e. The van der Waals surface area contributed by atoms with Crippen LogP contribution in [0.25, 0.3) is 0 Å². The molecular formula is C18H17F2N3O3. The molecule has 136 valence electrons. The fourth-order valence-electron chi connectivity index (χ4n) is 2.89. The maximum atomic E-state index is 13.8. The van der Waals surface area contributed by atoms with Crippen LogP contribution in [0.3, 0.4) is 0 Å². The third-order valence-electron chi connectivity index (χ3n) is 4.34. The van der Waals surface area contributed by atoms with Crippen LogP contribution in [-0.2, 0) is 4.79 Å². The molecule has 8 heteroatoms. The molecule has 0 radical (unpaired) electrons. The molecule has 0 unspecified atom stereocenters. The lowest BCUT2D eigenvalue weighted by molar-refractivity contribution is -0.121. The van der Waals surface area contributed by atoms with Crippen LogP contribution < -0.4 is 5.32 Å². The first kappa shape index (κ1) is 17.8. The number of aromatic nitrogens is 1. The molecule has 2 aromatic rings. The number of amides is 2. The molecule has 2 amide bonds. The van der Waals surface area contributed by atoms with Crippen molar-refractivity contribution in [1.29, 1.82) is 0 Å². The zero-order valence-electron chi connectivity index (χ0n) is 13.8. The van der Waals surface area contributed by atoms with Crippen molar-refractivity contribution < 1.29 is 23.5 Å². The molecule has 3 rings (SSSR count). The van der Waals surface area contributed by atoms with Crippen molar-refractivity contribution in [3.8, 4) is 5.75 Å². The molecule has 0 bridgehead atoms. The van der Waals surface area contributed by atoms with Crippen molar-refractivity contribution >= 4 is 17.6 Å². The lowest BCUT2D eigenvalue weighted by Crippen LogP contribution is -2.41. The van der Waals surface area contributed by atoms with Gasteiger partial charge in [0.05, 0.1) is 5.56 Å². The average molecular weight is 361 g/mol. The fourth-order valence-corrected chi connectivity index (χ4v) is 2.89. The van der Waals surface area contributed by atoms with E-state index in [1.165, 1.54) is 17.2 Å². The quantitative estimate of drug-likeness (QED) is 0.880. The summed E-state index contributed by atoms with van der Waals surface area (Å²) in [4.78, 5) is 30.0. The molecule has 6 nitrogen and oxygen atoms in total. The van der Waals surface area contributed by atoms with E-state index in [4.69, 9.17) is 0 Å². The summed E-state index contributed by atoms with van der Waals surface area (Å²) in [5.41, 5.74) is -0.187. The number of piperidine rings is 1. The Balaban J connectivity index is 1.59. The lowest BCUT2D eigenvalue weighted by atomic mass is 9.95. The maximum absolute atomic E-state index is 13.8. The summed E-state index contributed by atoms with van der Waals surface area (Å²) in [6.45, 7) is 0.559. The number of carbonyl (C=O) groups excluding carboxylic acids is 2. The van der Waals surface area contributed by atoms with E-state index >= 15 is 0 Å². The number of benzene rings is 1. The van der Waals surface area contributed by atoms with Gasteiger partial charge in [-0.3, -0.25) is 9.59 Å². The van der Waals surface area contributed by atoms with E-state index in [9.17, 15) is 23.5 Å². The zero-order valence-corrected chi connectivity index (χ0v) is 13.8. The molecule has 0 aliphatic carbocycles. The van der Waals surface area contributed by atoms with Crippen LogP contribution in [0, 0.1) is 17.6 Å². The Morgan fingerprint density at radius 3 is 2.58 bits per heavy atom. The Hall–Kier alpha value is -3.03. The maximum Gasteiger partial charge on any atom is 0.256 e. The van der Waals surface area contributed by atoms with Gasteiger partial charge in [-0.25, -0.2) is 13.8 Å². The van der Waals surface area contributed by atoms with Crippen molar-refractivity contribution in [3.05, 3.63) is 53.7 Å². The second-order valence-electron chi connectivity index (χ2n) is 6.05. The average Bonchev–Trinajstić information content (AvgIpc) is 2.63. The summed E-state index contributed by atoms with van der Waals surface area (Å²) >= 11 is 0. The van der Waals surface area contributed by atoms with Crippen LogP contribution >= 0.6 is 0 Å². The van der Waals surface area contributed by atoms with Crippen LogP contribution in [0.15, 0.2) is 36.5 Å². The first-order valence-electron chi connectivity index (χ1n) is 8.15. The van der Waals surface area contributed by atoms with Gasteiger partial charge < -0.3 is 15.3 Å². The Kier molecular flexibility index (Phi) is 5.11. The molecule has 2 N–H and O–H groups in total. The summed E-state index contributed by atoms with van der Waals surface area (Å²) < 4.78 is 26.7.